The van der Waals surface area contributed by atoms with E-state index in [4.69, 9.17) is 5.73 Å². The Morgan fingerprint density at radius 3 is 2.58 bits per heavy atom. The fourth-order valence-corrected chi connectivity index (χ4v) is 4.79. The van der Waals surface area contributed by atoms with Gasteiger partial charge in [0.25, 0.3) is 0 Å². The number of rotatable bonds is 4. The molecule has 0 bridgehead atoms. The molecule has 3 N–H and O–H groups in total. The van der Waals surface area contributed by atoms with Gasteiger partial charge in [0.1, 0.15) is 0 Å². The van der Waals surface area contributed by atoms with Gasteiger partial charge in [-0.3, -0.25) is 9.59 Å². The van der Waals surface area contributed by atoms with E-state index in [2.05, 4.69) is 12.2 Å². The van der Waals surface area contributed by atoms with E-state index in [1.165, 1.54) is 19.3 Å². The molecular weight excluding hydrogens is 302 g/mol. The molecule has 0 spiro atoms. The third-order valence-electron chi connectivity index (χ3n) is 6.49. The fraction of sp³-hybridized carbons (Fsp3) is 0.895. The van der Waals surface area contributed by atoms with Gasteiger partial charge in [-0.1, -0.05) is 19.8 Å². The van der Waals surface area contributed by atoms with Gasteiger partial charge in [0.05, 0.1) is 5.92 Å². The first kappa shape index (κ1) is 17.7. The molecule has 3 unspecified atom stereocenters. The average molecular weight is 335 g/mol. The van der Waals surface area contributed by atoms with Crippen LogP contribution in [0.1, 0.15) is 64.7 Å². The van der Waals surface area contributed by atoms with Gasteiger partial charge >= 0.3 is 0 Å². The van der Waals surface area contributed by atoms with Crippen molar-refractivity contribution >= 4 is 11.8 Å². The summed E-state index contributed by atoms with van der Waals surface area (Å²) < 4.78 is 0. The van der Waals surface area contributed by atoms with Gasteiger partial charge in [0, 0.05) is 25.0 Å². The van der Waals surface area contributed by atoms with Gasteiger partial charge in [-0.15, -0.1) is 0 Å². The smallest absolute Gasteiger partial charge is 0.225 e. The number of carbonyl (C=O) groups is 2. The lowest BCUT2D eigenvalue weighted by atomic mass is 9.84. The Kier molecular flexibility index (Phi) is 5.80. The Morgan fingerprint density at radius 2 is 1.88 bits per heavy atom. The van der Waals surface area contributed by atoms with Crippen molar-refractivity contribution < 1.29 is 9.59 Å². The number of hydrogen-bond donors (Lipinski definition) is 2. The Labute approximate surface area is 145 Å². The number of likely N-dealkylation sites (tertiary alicyclic amines) is 1. The highest BCUT2D eigenvalue weighted by Gasteiger charge is 2.39. The second kappa shape index (κ2) is 7.85. The summed E-state index contributed by atoms with van der Waals surface area (Å²) in [6.45, 7) is 3.54. The first-order valence-corrected chi connectivity index (χ1v) is 9.88. The summed E-state index contributed by atoms with van der Waals surface area (Å²) >= 11 is 0. The Morgan fingerprint density at radius 1 is 1.17 bits per heavy atom. The third-order valence-corrected chi connectivity index (χ3v) is 6.49. The summed E-state index contributed by atoms with van der Waals surface area (Å²) in [5, 5.41) is 3.22. The van der Waals surface area contributed by atoms with E-state index in [-0.39, 0.29) is 23.8 Å². The normalized spacial score (nSPS) is 37.5. The van der Waals surface area contributed by atoms with Crippen LogP contribution in [0.2, 0.25) is 0 Å². The quantitative estimate of drug-likeness (QED) is 0.825. The van der Waals surface area contributed by atoms with E-state index in [0.29, 0.717) is 31.5 Å². The highest BCUT2D eigenvalue weighted by Crippen LogP contribution is 2.31. The van der Waals surface area contributed by atoms with Crippen LogP contribution in [0.4, 0.5) is 0 Å². The van der Waals surface area contributed by atoms with Crippen LogP contribution in [0.3, 0.4) is 0 Å². The molecule has 3 fully saturated rings. The van der Waals surface area contributed by atoms with Gasteiger partial charge in [-0.05, 0) is 56.9 Å². The molecule has 0 aromatic heterocycles. The number of nitrogens with zero attached hydrogens (tertiary/aromatic N) is 1. The number of hydrogen-bond acceptors (Lipinski definition) is 3. The predicted molar refractivity (Wildman–Crippen MR) is 94.2 cm³/mol. The van der Waals surface area contributed by atoms with Gasteiger partial charge in [-0.25, -0.2) is 0 Å². The molecular formula is C19H33N3O2. The molecule has 5 nitrogen and oxygen atoms in total. The molecule has 136 valence electrons. The first-order chi connectivity index (χ1) is 11.6. The van der Waals surface area contributed by atoms with Crippen LogP contribution >= 0.6 is 0 Å². The van der Waals surface area contributed by atoms with Crippen molar-refractivity contribution in [3.63, 3.8) is 0 Å². The van der Waals surface area contributed by atoms with E-state index < -0.39 is 0 Å². The summed E-state index contributed by atoms with van der Waals surface area (Å²) in [6.07, 6.45) is 9.49. The van der Waals surface area contributed by atoms with Crippen LogP contribution in [0, 0.1) is 17.8 Å². The molecule has 0 aromatic carbocycles. The van der Waals surface area contributed by atoms with Gasteiger partial charge in [0.15, 0.2) is 0 Å². The molecule has 1 heterocycles. The first-order valence-electron chi connectivity index (χ1n) is 9.88. The molecule has 24 heavy (non-hydrogen) atoms. The highest BCUT2D eigenvalue weighted by atomic mass is 16.2. The van der Waals surface area contributed by atoms with Crippen molar-refractivity contribution in [2.24, 2.45) is 23.5 Å². The summed E-state index contributed by atoms with van der Waals surface area (Å²) in [7, 11) is 0. The van der Waals surface area contributed by atoms with Crippen LogP contribution in [-0.4, -0.2) is 41.9 Å². The van der Waals surface area contributed by atoms with Crippen LogP contribution < -0.4 is 11.1 Å². The van der Waals surface area contributed by atoms with E-state index >= 15 is 0 Å². The second-order valence-electron chi connectivity index (χ2n) is 8.26. The molecule has 3 rings (SSSR count). The Balaban J connectivity index is 1.54. The minimum atomic E-state index is -0.169. The summed E-state index contributed by atoms with van der Waals surface area (Å²) in [4.78, 5) is 27.1. The van der Waals surface area contributed by atoms with Crippen LogP contribution in [0.5, 0.6) is 0 Å². The Bertz CT molecular complexity index is 460. The van der Waals surface area contributed by atoms with E-state index in [1.54, 1.807) is 0 Å². The summed E-state index contributed by atoms with van der Waals surface area (Å²) in [6, 6.07) is 0.564. The molecule has 2 amide bonds. The van der Waals surface area contributed by atoms with Crippen molar-refractivity contribution in [2.75, 3.05) is 13.1 Å². The maximum atomic E-state index is 12.7. The van der Waals surface area contributed by atoms with Gasteiger partial charge in [-0.2, -0.15) is 0 Å². The fourth-order valence-electron chi connectivity index (χ4n) is 4.79. The maximum absolute atomic E-state index is 12.7. The molecule has 3 atom stereocenters. The summed E-state index contributed by atoms with van der Waals surface area (Å²) in [5.41, 5.74) is 5.86. The topological polar surface area (TPSA) is 75.4 Å². The van der Waals surface area contributed by atoms with E-state index in [0.717, 1.165) is 38.0 Å². The monoisotopic (exact) mass is 335 g/mol. The number of nitrogens with two attached hydrogens (primary N) is 1. The van der Waals surface area contributed by atoms with Crippen molar-refractivity contribution in [1.29, 1.82) is 0 Å². The lowest BCUT2D eigenvalue weighted by Gasteiger charge is -2.34. The predicted octanol–water partition coefficient (Wildman–Crippen LogP) is 2.05. The molecule has 1 saturated heterocycles. The SMILES string of the molecule is CC1CCC(N2CC(C(=O)NC3CCCCC3CN)CC2=O)CC1. The molecule has 2 saturated carbocycles. The highest BCUT2D eigenvalue weighted by molar-refractivity contribution is 5.89. The number of carbonyl (C=O) groups excluding carboxylic acids is 2. The molecule has 3 aliphatic rings. The van der Waals surface area contributed by atoms with Crippen molar-refractivity contribution in [2.45, 2.75) is 76.8 Å². The zero-order valence-electron chi connectivity index (χ0n) is 15.0. The Hall–Kier alpha value is -1.10. The number of amides is 2. The summed E-state index contributed by atoms with van der Waals surface area (Å²) in [5.74, 6) is 1.25. The second-order valence-corrected chi connectivity index (χ2v) is 8.26. The minimum Gasteiger partial charge on any atom is -0.353 e. The third kappa shape index (κ3) is 3.93. The lowest BCUT2D eigenvalue weighted by Crippen LogP contribution is -2.47. The average Bonchev–Trinajstić information content (AvgIpc) is 2.98. The van der Waals surface area contributed by atoms with Crippen molar-refractivity contribution in [1.82, 2.24) is 10.2 Å². The molecule has 0 aromatic rings. The molecule has 1 aliphatic heterocycles. The minimum absolute atomic E-state index is 0.0698. The van der Waals surface area contributed by atoms with E-state index in [9.17, 15) is 9.59 Å². The largest absolute Gasteiger partial charge is 0.353 e. The van der Waals surface area contributed by atoms with Crippen LogP contribution in [0.25, 0.3) is 0 Å². The molecule has 2 aliphatic carbocycles. The molecule has 5 heteroatoms. The standard InChI is InChI=1S/C19H33N3O2/c1-13-6-8-16(9-7-13)22-12-15(10-18(22)23)19(24)21-17-5-3-2-4-14(17)11-20/h13-17H,2-12,20H2,1H3,(H,21,24). The lowest BCUT2D eigenvalue weighted by molar-refractivity contribution is -0.131. The van der Waals surface area contributed by atoms with Gasteiger partial charge in [0.2, 0.25) is 11.8 Å². The van der Waals surface area contributed by atoms with E-state index in [1.807, 2.05) is 4.90 Å². The zero-order chi connectivity index (χ0) is 17.1. The van der Waals surface area contributed by atoms with Gasteiger partial charge < -0.3 is 16.0 Å². The molecule has 0 radical (unpaired) electrons. The number of nitrogens with one attached hydrogen (secondary N) is 1. The van der Waals surface area contributed by atoms with Crippen molar-refractivity contribution in [3.05, 3.63) is 0 Å². The van der Waals surface area contributed by atoms with Crippen LogP contribution in [0.15, 0.2) is 0 Å². The maximum Gasteiger partial charge on any atom is 0.225 e. The zero-order valence-corrected chi connectivity index (χ0v) is 15.0. The van der Waals surface area contributed by atoms with Crippen LogP contribution in [-0.2, 0) is 9.59 Å². The van der Waals surface area contributed by atoms with Crippen molar-refractivity contribution in [3.8, 4) is 0 Å².